The van der Waals surface area contributed by atoms with Gasteiger partial charge in [0.2, 0.25) is 0 Å². The average molecular weight is 299 g/mol. The lowest BCUT2D eigenvalue weighted by atomic mass is 9.84. The molecule has 0 saturated carbocycles. The Morgan fingerprint density at radius 1 is 0.714 bits per heavy atom. The summed E-state index contributed by atoms with van der Waals surface area (Å²) in [4.78, 5) is 0. The van der Waals surface area contributed by atoms with E-state index in [1.165, 1.54) is 51.4 Å². The Balaban J connectivity index is 3.77. The lowest BCUT2D eigenvalue weighted by molar-refractivity contribution is -0.00447. The Bertz CT molecular complexity index is 229. The van der Waals surface area contributed by atoms with Gasteiger partial charge in [-0.05, 0) is 50.4 Å². The highest BCUT2D eigenvalue weighted by Gasteiger charge is 2.17. The number of ether oxygens (including phenoxy) is 1. The van der Waals surface area contributed by atoms with Crippen LogP contribution in [-0.4, -0.2) is 12.2 Å². The van der Waals surface area contributed by atoms with E-state index in [1.54, 1.807) is 0 Å². The van der Waals surface area contributed by atoms with Gasteiger partial charge in [-0.15, -0.1) is 0 Å². The van der Waals surface area contributed by atoms with Crippen molar-refractivity contribution in [3.05, 3.63) is 0 Å². The third kappa shape index (κ3) is 11.2. The van der Waals surface area contributed by atoms with E-state index in [0.29, 0.717) is 23.0 Å². The minimum atomic E-state index is 0.409. The van der Waals surface area contributed by atoms with Crippen LogP contribution in [0.25, 0.3) is 0 Å². The quantitative estimate of drug-likeness (QED) is 0.377. The highest BCUT2D eigenvalue weighted by Crippen LogP contribution is 2.29. The van der Waals surface area contributed by atoms with E-state index >= 15 is 0 Å². The molecule has 0 bridgehead atoms. The molecule has 21 heavy (non-hydrogen) atoms. The van der Waals surface area contributed by atoms with Gasteiger partial charge < -0.3 is 4.74 Å². The maximum absolute atomic E-state index is 6.15. The van der Waals surface area contributed by atoms with Crippen LogP contribution in [0.4, 0.5) is 0 Å². The van der Waals surface area contributed by atoms with Crippen molar-refractivity contribution in [1.82, 2.24) is 0 Å². The summed E-state index contributed by atoms with van der Waals surface area (Å²) >= 11 is 0. The average Bonchev–Trinajstić information content (AvgIpc) is 2.38. The van der Waals surface area contributed by atoms with Gasteiger partial charge in [-0.2, -0.15) is 0 Å². The second-order valence-corrected chi connectivity index (χ2v) is 8.58. The van der Waals surface area contributed by atoms with Crippen molar-refractivity contribution in [1.29, 1.82) is 0 Å². The molecule has 0 aliphatic carbocycles. The first-order valence-corrected chi connectivity index (χ1v) is 9.27. The van der Waals surface area contributed by atoms with E-state index in [4.69, 9.17) is 4.74 Å². The van der Waals surface area contributed by atoms with Crippen LogP contribution in [0.5, 0.6) is 0 Å². The van der Waals surface area contributed by atoms with Crippen molar-refractivity contribution < 1.29 is 4.74 Å². The van der Waals surface area contributed by atoms with E-state index in [0.717, 1.165) is 0 Å². The second-order valence-electron chi connectivity index (χ2n) is 8.58. The van der Waals surface area contributed by atoms with Crippen LogP contribution in [-0.2, 0) is 4.74 Å². The molecular formula is C20H42O. The molecule has 0 heterocycles. The van der Waals surface area contributed by atoms with Gasteiger partial charge in [0.05, 0.1) is 12.2 Å². The van der Waals surface area contributed by atoms with Crippen molar-refractivity contribution >= 4 is 0 Å². The summed E-state index contributed by atoms with van der Waals surface area (Å²) in [6, 6.07) is 0. The van der Waals surface area contributed by atoms with Crippen LogP contribution in [0.1, 0.15) is 107 Å². The van der Waals surface area contributed by atoms with E-state index in [1.807, 2.05) is 0 Å². The molecule has 0 fully saturated rings. The smallest absolute Gasteiger partial charge is 0.0550 e. The SMILES string of the molecule is CCC(C)(C)CCCC(C)OC(C)CCCC(C)(C)CC. The predicted molar refractivity (Wildman–Crippen MR) is 95.9 cm³/mol. The molecule has 2 unspecified atom stereocenters. The van der Waals surface area contributed by atoms with Crippen molar-refractivity contribution in [3.8, 4) is 0 Å². The van der Waals surface area contributed by atoms with E-state index in [2.05, 4.69) is 55.4 Å². The Kier molecular flexibility index (Phi) is 9.85. The summed E-state index contributed by atoms with van der Waals surface area (Å²) in [5.74, 6) is 0. The first-order valence-electron chi connectivity index (χ1n) is 9.27. The minimum Gasteiger partial charge on any atom is -0.376 e. The molecule has 0 amide bonds. The Morgan fingerprint density at radius 2 is 1.05 bits per heavy atom. The van der Waals surface area contributed by atoms with Gasteiger partial charge in [0, 0.05) is 0 Å². The number of rotatable bonds is 12. The van der Waals surface area contributed by atoms with Crippen molar-refractivity contribution in [2.24, 2.45) is 10.8 Å². The molecule has 1 heteroatoms. The third-order valence-corrected chi connectivity index (χ3v) is 5.31. The molecule has 0 aromatic rings. The monoisotopic (exact) mass is 298 g/mol. The highest BCUT2D eigenvalue weighted by atomic mass is 16.5. The lowest BCUT2D eigenvalue weighted by Crippen LogP contribution is -2.19. The van der Waals surface area contributed by atoms with Crippen LogP contribution >= 0.6 is 0 Å². The summed E-state index contributed by atoms with van der Waals surface area (Å²) in [7, 11) is 0. The maximum Gasteiger partial charge on any atom is 0.0550 e. The third-order valence-electron chi connectivity index (χ3n) is 5.31. The fourth-order valence-corrected chi connectivity index (χ4v) is 2.62. The largest absolute Gasteiger partial charge is 0.376 e. The van der Waals surface area contributed by atoms with E-state index in [-0.39, 0.29) is 0 Å². The standard InChI is InChI=1S/C20H42O/c1-9-19(5,6)15-11-13-17(3)21-18(4)14-12-16-20(7,8)10-2/h17-18H,9-16H2,1-8H3. The molecule has 0 aromatic heterocycles. The lowest BCUT2D eigenvalue weighted by Gasteiger charge is -2.25. The molecule has 0 aliphatic heterocycles. The molecule has 0 aromatic carbocycles. The number of hydrogen-bond acceptors (Lipinski definition) is 1. The Morgan fingerprint density at radius 3 is 1.33 bits per heavy atom. The highest BCUT2D eigenvalue weighted by molar-refractivity contribution is 4.69. The molecule has 0 saturated heterocycles. The van der Waals surface area contributed by atoms with Crippen LogP contribution in [0.15, 0.2) is 0 Å². The zero-order valence-corrected chi connectivity index (χ0v) is 16.2. The summed E-state index contributed by atoms with van der Waals surface area (Å²) in [5.41, 5.74) is 0.994. The zero-order chi connectivity index (χ0) is 16.5. The topological polar surface area (TPSA) is 9.23 Å². The van der Waals surface area contributed by atoms with Gasteiger partial charge in [-0.25, -0.2) is 0 Å². The zero-order valence-electron chi connectivity index (χ0n) is 16.2. The Labute approximate surface area is 135 Å². The van der Waals surface area contributed by atoms with Crippen molar-refractivity contribution in [3.63, 3.8) is 0 Å². The van der Waals surface area contributed by atoms with Crippen LogP contribution < -0.4 is 0 Å². The van der Waals surface area contributed by atoms with Gasteiger partial charge >= 0.3 is 0 Å². The van der Waals surface area contributed by atoms with Crippen LogP contribution in [0.2, 0.25) is 0 Å². The van der Waals surface area contributed by atoms with Crippen molar-refractivity contribution in [2.75, 3.05) is 0 Å². The van der Waals surface area contributed by atoms with E-state index < -0.39 is 0 Å². The predicted octanol–water partition coefficient (Wildman–Crippen LogP) is 6.99. The molecule has 0 N–H and O–H groups in total. The van der Waals surface area contributed by atoms with Gasteiger partial charge in [0.25, 0.3) is 0 Å². The summed E-state index contributed by atoms with van der Waals surface area (Å²) in [6.45, 7) is 18.6. The fourth-order valence-electron chi connectivity index (χ4n) is 2.62. The first kappa shape index (κ1) is 21.0. The van der Waals surface area contributed by atoms with Gasteiger partial charge in [-0.3, -0.25) is 0 Å². The second kappa shape index (κ2) is 9.87. The summed E-state index contributed by atoms with van der Waals surface area (Å²) < 4.78 is 6.15. The van der Waals surface area contributed by atoms with Gasteiger partial charge in [0.15, 0.2) is 0 Å². The molecule has 1 nitrogen and oxygen atoms in total. The molecule has 0 aliphatic rings. The summed E-state index contributed by atoms with van der Waals surface area (Å²) in [6.07, 6.45) is 11.0. The van der Waals surface area contributed by atoms with Gasteiger partial charge in [0.1, 0.15) is 0 Å². The molecule has 2 atom stereocenters. The molecule has 128 valence electrons. The van der Waals surface area contributed by atoms with Gasteiger partial charge in [-0.1, -0.05) is 67.2 Å². The number of hydrogen-bond donors (Lipinski definition) is 0. The first-order chi connectivity index (χ1) is 9.62. The molecule has 0 radical (unpaired) electrons. The molecule has 0 spiro atoms. The maximum atomic E-state index is 6.15. The Hall–Kier alpha value is -0.0400. The summed E-state index contributed by atoms with van der Waals surface area (Å²) in [5, 5.41) is 0. The van der Waals surface area contributed by atoms with E-state index in [9.17, 15) is 0 Å². The normalized spacial score (nSPS) is 16.0. The van der Waals surface area contributed by atoms with Crippen LogP contribution in [0, 0.1) is 10.8 Å². The fraction of sp³-hybridized carbons (Fsp3) is 1.00. The van der Waals surface area contributed by atoms with Crippen molar-refractivity contribution in [2.45, 2.75) is 119 Å². The minimum absolute atomic E-state index is 0.409. The van der Waals surface area contributed by atoms with Crippen LogP contribution in [0.3, 0.4) is 0 Å². The molecule has 0 rings (SSSR count). The molecular weight excluding hydrogens is 256 g/mol.